The van der Waals surface area contributed by atoms with Crippen molar-refractivity contribution in [1.29, 1.82) is 0 Å². The molecule has 2 unspecified atom stereocenters. The lowest BCUT2D eigenvalue weighted by Gasteiger charge is -2.40. The number of carbonyl (C=O) groups is 1. The van der Waals surface area contributed by atoms with E-state index in [-0.39, 0.29) is 18.2 Å². The van der Waals surface area contributed by atoms with E-state index in [4.69, 9.17) is 16.3 Å². The van der Waals surface area contributed by atoms with E-state index >= 15 is 0 Å². The van der Waals surface area contributed by atoms with E-state index in [1.54, 1.807) is 0 Å². The number of amides is 1. The summed E-state index contributed by atoms with van der Waals surface area (Å²) in [6.07, 6.45) is 3.85. The average molecular weight is 337 g/mol. The third-order valence-corrected chi connectivity index (χ3v) is 4.90. The average Bonchev–Trinajstić information content (AvgIpc) is 2.72. The van der Waals surface area contributed by atoms with E-state index in [9.17, 15) is 4.79 Å². The van der Waals surface area contributed by atoms with Gasteiger partial charge < -0.3 is 15.0 Å². The Kier molecular flexibility index (Phi) is 4.45. The highest BCUT2D eigenvalue weighted by Crippen LogP contribution is 2.38. The number of para-hydroxylation sites is 1. The molecule has 1 aromatic carbocycles. The fraction of sp³-hybridized carbons (Fsp3) is 0.611. The first-order chi connectivity index (χ1) is 10.8. The molecule has 2 bridgehead atoms. The van der Waals surface area contributed by atoms with Crippen LogP contribution < -0.4 is 5.32 Å². The van der Waals surface area contributed by atoms with Gasteiger partial charge in [0.1, 0.15) is 5.60 Å². The summed E-state index contributed by atoms with van der Waals surface area (Å²) in [5, 5.41) is 4.29. The summed E-state index contributed by atoms with van der Waals surface area (Å²) in [4.78, 5) is 14.4. The number of rotatable bonds is 2. The summed E-state index contributed by atoms with van der Waals surface area (Å²) in [5.41, 5.74) is 0.535. The molecule has 23 heavy (non-hydrogen) atoms. The van der Waals surface area contributed by atoms with Crippen LogP contribution in [0, 0.1) is 0 Å². The predicted molar refractivity (Wildman–Crippen MR) is 93.0 cm³/mol. The van der Waals surface area contributed by atoms with Crippen LogP contribution in [0.15, 0.2) is 24.3 Å². The summed E-state index contributed by atoms with van der Waals surface area (Å²) < 4.78 is 5.58. The highest BCUT2D eigenvalue weighted by Gasteiger charge is 2.44. The van der Waals surface area contributed by atoms with Gasteiger partial charge in [-0.3, -0.25) is 0 Å². The van der Waals surface area contributed by atoms with Crippen molar-refractivity contribution >= 4 is 23.4 Å². The molecule has 1 aromatic rings. The van der Waals surface area contributed by atoms with Crippen LogP contribution in [0.5, 0.6) is 0 Å². The second-order valence-corrected chi connectivity index (χ2v) is 7.97. The first-order valence-electron chi connectivity index (χ1n) is 8.36. The number of hydrogen-bond acceptors (Lipinski definition) is 3. The maximum Gasteiger partial charge on any atom is 0.410 e. The van der Waals surface area contributed by atoms with E-state index < -0.39 is 5.60 Å². The van der Waals surface area contributed by atoms with Crippen molar-refractivity contribution < 1.29 is 9.53 Å². The molecule has 0 radical (unpaired) electrons. The van der Waals surface area contributed by atoms with Crippen LogP contribution >= 0.6 is 11.6 Å². The molecule has 1 amide bonds. The number of piperidine rings is 1. The molecule has 2 heterocycles. The Hall–Kier alpha value is -1.42. The maximum absolute atomic E-state index is 12.5. The van der Waals surface area contributed by atoms with Gasteiger partial charge in [0.25, 0.3) is 0 Å². The molecule has 2 aliphatic rings. The number of hydrogen-bond donors (Lipinski definition) is 1. The first kappa shape index (κ1) is 16.4. The van der Waals surface area contributed by atoms with Gasteiger partial charge in [0.2, 0.25) is 0 Å². The summed E-state index contributed by atoms with van der Waals surface area (Å²) in [6, 6.07) is 8.71. The summed E-state index contributed by atoms with van der Waals surface area (Å²) in [7, 11) is 0. The largest absolute Gasteiger partial charge is 0.444 e. The molecule has 0 spiro atoms. The minimum atomic E-state index is -0.441. The minimum Gasteiger partial charge on any atom is -0.444 e. The highest BCUT2D eigenvalue weighted by molar-refractivity contribution is 6.33. The Labute approximate surface area is 143 Å². The van der Waals surface area contributed by atoms with Gasteiger partial charge in [0, 0.05) is 18.1 Å². The zero-order valence-corrected chi connectivity index (χ0v) is 14.8. The quantitative estimate of drug-likeness (QED) is 0.852. The number of benzene rings is 1. The molecular formula is C18H25ClN2O2. The molecule has 5 heteroatoms. The van der Waals surface area contributed by atoms with Gasteiger partial charge in [-0.05, 0) is 58.6 Å². The standard InChI is InChI=1S/C18H25ClN2O2/c1-18(2,3)23-17(22)21-13-8-9-14(21)11-12(10-13)20-16-7-5-4-6-15(16)19/h4-7,12-14,20H,8-11H2,1-3H3. The number of ether oxygens (including phenoxy) is 1. The Morgan fingerprint density at radius 1 is 1.22 bits per heavy atom. The second kappa shape index (κ2) is 6.23. The molecule has 0 aromatic heterocycles. The fourth-order valence-corrected chi connectivity index (χ4v) is 3.90. The monoisotopic (exact) mass is 336 g/mol. The number of carbonyl (C=O) groups excluding carboxylic acids is 1. The first-order valence-corrected chi connectivity index (χ1v) is 8.73. The van der Waals surface area contributed by atoms with E-state index in [2.05, 4.69) is 5.32 Å². The van der Waals surface area contributed by atoms with Gasteiger partial charge >= 0.3 is 6.09 Å². The lowest BCUT2D eigenvalue weighted by atomic mass is 9.97. The van der Waals surface area contributed by atoms with Crippen LogP contribution in [-0.2, 0) is 4.74 Å². The van der Waals surface area contributed by atoms with E-state index in [1.165, 1.54) is 0 Å². The van der Waals surface area contributed by atoms with Gasteiger partial charge in [0.15, 0.2) is 0 Å². The normalized spacial score (nSPS) is 27.0. The Balaban J connectivity index is 1.65. The molecule has 0 saturated carbocycles. The minimum absolute atomic E-state index is 0.166. The third-order valence-electron chi connectivity index (χ3n) is 4.57. The number of anilines is 1. The zero-order chi connectivity index (χ0) is 16.6. The van der Waals surface area contributed by atoms with Gasteiger partial charge in [-0.1, -0.05) is 23.7 Å². The Bertz CT molecular complexity index is 571. The molecule has 126 valence electrons. The van der Waals surface area contributed by atoms with E-state index in [0.29, 0.717) is 6.04 Å². The topological polar surface area (TPSA) is 41.6 Å². The molecular weight excluding hydrogens is 312 g/mol. The van der Waals surface area contributed by atoms with Crippen LogP contribution in [0.2, 0.25) is 5.02 Å². The van der Waals surface area contributed by atoms with Crippen molar-refractivity contribution in [2.45, 2.75) is 70.2 Å². The van der Waals surface area contributed by atoms with Crippen LogP contribution in [-0.4, -0.2) is 34.7 Å². The van der Waals surface area contributed by atoms with E-state index in [0.717, 1.165) is 36.4 Å². The number of nitrogens with zero attached hydrogens (tertiary/aromatic N) is 1. The number of nitrogens with one attached hydrogen (secondary N) is 1. The molecule has 0 aliphatic carbocycles. The Morgan fingerprint density at radius 3 is 2.39 bits per heavy atom. The van der Waals surface area contributed by atoms with Gasteiger partial charge in [-0.25, -0.2) is 4.79 Å². The van der Waals surface area contributed by atoms with Crippen molar-refractivity contribution in [2.24, 2.45) is 0 Å². The van der Waals surface area contributed by atoms with Crippen LogP contribution in [0.3, 0.4) is 0 Å². The third kappa shape index (κ3) is 3.74. The van der Waals surface area contributed by atoms with Crippen LogP contribution in [0.4, 0.5) is 10.5 Å². The fourth-order valence-electron chi connectivity index (χ4n) is 3.71. The van der Waals surface area contributed by atoms with Crippen molar-refractivity contribution in [3.8, 4) is 0 Å². The maximum atomic E-state index is 12.5. The number of fused-ring (bicyclic) bond motifs is 2. The van der Waals surface area contributed by atoms with Crippen LogP contribution in [0.1, 0.15) is 46.5 Å². The predicted octanol–water partition coefficient (Wildman–Crippen LogP) is 4.68. The molecule has 2 saturated heterocycles. The lowest BCUT2D eigenvalue weighted by molar-refractivity contribution is 0.00684. The molecule has 1 N–H and O–H groups in total. The lowest BCUT2D eigenvalue weighted by Crippen LogP contribution is -2.51. The highest BCUT2D eigenvalue weighted by atomic mass is 35.5. The Morgan fingerprint density at radius 2 is 1.83 bits per heavy atom. The molecule has 3 rings (SSSR count). The SMILES string of the molecule is CC(C)(C)OC(=O)N1C2CCC1CC(Nc1ccccc1Cl)C2. The second-order valence-electron chi connectivity index (χ2n) is 7.57. The summed E-state index contributed by atoms with van der Waals surface area (Å²) in [6.45, 7) is 5.75. The summed E-state index contributed by atoms with van der Waals surface area (Å²) in [5.74, 6) is 0. The van der Waals surface area contributed by atoms with Crippen molar-refractivity contribution in [1.82, 2.24) is 4.90 Å². The number of halogens is 1. The van der Waals surface area contributed by atoms with Crippen molar-refractivity contribution in [3.63, 3.8) is 0 Å². The summed E-state index contributed by atoms with van der Waals surface area (Å²) >= 11 is 6.24. The van der Waals surface area contributed by atoms with Gasteiger partial charge in [0.05, 0.1) is 10.7 Å². The molecule has 2 fully saturated rings. The van der Waals surface area contributed by atoms with Crippen LogP contribution in [0.25, 0.3) is 0 Å². The van der Waals surface area contributed by atoms with Gasteiger partial charge in [-0.2, -0.15) is 0 Å². The van der Waals surface area contributed by atoms with Crippen molar-refractivity contribution in [2.75, 3.05) is 5.32 Å². The molecule has 2 aliphatic heterocycles. The van der Waals surface area contributed by atoms with Crippen molar-refractivity contribution in [3.05, 3.63) is 29.3 Å². The zero-order valence-electron chi connectivity index (χ0n) is 14.0. The molecule has 2 atom stereocenters. The smallest absolute Gasteiger partial charge is 0.410 e. The van der Waals surface area contributed by atoms with E-state index in [1.807, 2.05) is 49.9 Å². The van der Waals surface area contributed by atoms with Gasteiger partial charge in [-0.15, -0.1) is 0 Å². The molecule has 4 nitrogen and oxygen atoms in total.